The first-order valence-electron chi connectivity index (χ1n) is 4.05. The van der Waals surface area contributed by atoms with E-state index in [0.29, 0.717) is 11.6 Å². The highest BCUT2D eigenvalue weighted by molar-refractivity contribution is 5.78. The van der Waals surface area contributed by atoms with Gasteiger partial charge in [-0.25, -0.2) is 14.8 Å². The van der Waals surface area contributed by atoms with E-state index in [1.807, 2.05) is 0 Å². The first-order chi connectivity index (χ1) is 6.63. The molecule has 6 nitrogen and oxygen atoms in total. The van der Waals surface area contributed by atoms with Crippen molar-refractivity contribution in [2.24, 2.45) is 0 Å². The lowest BCUT2D eigenvalue weighted by Gasteiger charge is -2.11. The maximum absolute atomic E-state index is 11.0. The van der Waals surface area contributed by atoms with Crippen LogP contribution in [0.5, 0.6) is 0 Å². The third-order valence-electron chi connectivity index (χ3n) is 1.59. The van der Waals surface area contributed by atoms with Crippen LogP contribution in [-0.4, -0.2) is 29.1 Å². The molecule has 0 aliphatic rings. The molecule has 6 heteroatoms. The largest absolute Gasteiger partial charge is 0.467 e. The molecule has 1 rings (SSSR count). The molecule has 1 aromatic heterocycles. The van der Waals surface area contributed by atoms with Crippen LogP contribution in [0.25, 0.3) is 0 Å². The van der Waals surface area contributed by atoms with Crippen LogP contribution in [0.2, 0.25) is 0 Å². The molecule has 1 aromatic rings. The summed E-state index contributed by atoms with van der Waals surface area (Å²) in [4.78, 5) is 18.8. The number of nitrogen functional groups attached to an aromatic ring is 1. The van der Waals surface area contributed by atoms with Gasteiger partial charge in [0.2, 0.25) is 0 Å². The lowest BCUT2D eigenvalue weighted by molar-refractivity contribution is -0.141. The third-order valence-corrected chi connectivity index (χ3v) is 1.59. The monoisotopic (exact) mass is 196 g/mol. The van der Waals surface area contributed by atoms with Gasteiger partial charge in [-0.1, -0.05) is 0 Å². The topological polar surface area (TPSA) is 90.1 Å². The van der Waals surface area contributed by atoms with Crippen LogP contribution in [-0.2, 0) is 9.53 Å². The summed E-state index contributed by atoms with van der Waals surface area (Å²) in [5, 5.41) is 2.82. The van der Waals surface area contributed by atoms with Gasteiger partial charge in [0, 0.05) is 0 Å². The maximum atomic E-state index is 11.0. The molecule has 0 saturated heterocycles. The molecule has 1 heterocycles. The molecule has 0 fully saturated rings. The van der Waals surface area contributed by atoms with Crippen LogP contribution < -0.4 is 11.1 Å². The van der Waals surface area contributed by atoms with Crippen molar-refractivity contribution in [2.45, 2.75) is 13.0 Å². The van der Waals surface area contributed by atoms with E-state index in [0.717, 1.165) is 0 Å². The number of carbonyl (C=O) groups excluding carboxylic acids is 1. The number of anilines is 2. The summed E-state index contributed by atoms with van der Waals surface area (Å²) in [5.41, 5.74) is 5.35. The number of aromatic nitrogens is 2. The number of carbonyl (C=O) groups is 1. The van der Waals surface area contributed by atoms with Gasteiger partial charge in [-0.3, -0.25) is 0 Å². The summed E-state index contributed by atoms with van der Waals surface area (Å²) in [6, 6.07) is -0.460. The molecular weight excluding hydrogens is 184 g/mol. The highest BCUT2D eigenvalue weighted by atomic mass is 16.5. The second-order valence-corrected chi connectivity index (χ2v) is 2.72. The molecule has 0 aliphatic heterocycles. The second-order valence-electron chi connectivity index (χ2n) is 2.72. The molecule has 14 heavy (non-hydrogen) atoms. The van der Waals surface area contributed by atoms with Gasteiger partial charge in [0.15, 0.2) is 0 Å². The Morgan fingerprint density at radius 1 is 1.57 bits per heavy atom. The van der Waals surface area contributed by atoms with Crippen LogP contribution in [0.15, 0.2) is 12.4 Å². The van der Waals surface area contributed by atoms with Crippen molar-refractivity contribution in [1.29, 1.82) is 0 Å². The lowest BCUT2D eigenvalue weighted by atomic mass is 10.3. The lowest BCUT2D eigenvalue weighted by Crippen LogP contribution is -2.27. The van der Waals surface area contributed by atoms with Crippen molar-refractivity contribution < 1.29 is 9.53 Å². The van der Waals surface area contributed by atoms with Gasteiger partial charge in [0.25, 0.3) is 0 Å². The van der Waals surface area contributed by atoms with Gasteiger partial charge in [-0.15, -0.1) is 0 Å². The van der Waals surface area contributed by atoms with Gasteiger partial charge < -0.3 is 15.8 Å². The molecule has 1 atom stereocenters. The van der Waals surface area contributed by atoms with Crippen molar-refractivity contribution in [3.8, 4) is 0 Å². The zero-order valence-electron chi connectivity index (χ0n) is 8.02. The van der Waals surface area contributed by atoms with Crippen LogP contribution in [0, 0.1) is 0 Å². The summed E-state index contributed by atoms with van der Waals surface area (Å²) in [6.07, 6.45) is 2.86. The maximum Gasteiger partial charge on any atom is 0.328 e. The van der Waals surface area contributed by atoms with Gasteiger partial charge in [0.1, 0.15) is 17.7 Å². The molecule has 3 N–H and O–H groups in total. The van der Waals surface area contributed by atoms with Crippen molar-refractivity contribution in [3.05, 3.63) is 12.4 Å². The summed E-state index contributed by atoms with van der Waals surface area (Å²) < 4.78 is 4.53. The van der Waals surface area contributed by atoms with Gasteiger partial charge in [-0.05, 0) is 6.92 Å². The number of hydrogen-bond donors (Lipinski definition) is 2. The SMILES string of the molecule is COC(=O)C(C)Nc1cnc(N)cn1. The van der Waals surface area contributed by atoms with Crippen LogP contribution in [0.1, 0.15) is 6.92 Å². The van der Waals surface area contributed by atoms with E-state index in [4.69, 9.17) is 5.73 Å². The molecule has 0 amide bonds. The Kier molecular flexibility index (Phi) is 3.22. The second kappa shape index (κ2) is 4.40. The standard InChI is InChI=1S/C8H12N4O2/c1-5(8(13)14-2)12-7-4-10-6(9)3-11-7/h3-5H,1-2H3,(H2,9,10)(H,11,12). The normalized spacial score (nSPS) is 11.9. The highest BCUT2D eigenvalue weighted by Crippen LogP contribution is 2.04. The fraction of sp³-hybridized carbons (Fsp3) is 0.375. The molecule has 0 aromatic carbocycles. The number of hydrogen-bond acceptors (Lipinski definition) is 6. The van der Waals surface area contributed by atoms with Crippen LogP contribution in [0.4, 0.5) is 11.6 Å². The molecule has 0 saturated carbocycles. The number of nitrogens with two attached hydrogens (primary N) is 1. The minimum Gasteiger partial charge on any atom is -0.467 e. The zero-order valence-corrected chi connectivity index (χ0v) is 8.02. The molecule has 0 bridgehead atoms. The first kappa shape index (κ1) is 10.2. The number of ether oxygens (including phenoxy) is 1. The number of rotatable bonds is 3. The predicted molar refractivity (Wildman–Crippen MR) is 51.5 cm³/mol. The van der Waals surface area contributed by atoms with E-state index in [1.165, 1.54) is 19.5 Å². The van der Waals surface area contributed by atoms with Gasteiger partial charge in [-0.2, -0.15) is 0 Å². The fourth-order valence-electron chi connectivity index (χ4n) is 0.870. The average molecular weight is 196 g/mol. The molecule has 0 spiro atoms. The smallest absolute Gasteiger partial charge is 0.328 e. The quantitative estimate of drug-likeness (QED) is 0.663. The summed E-state index contributed by atoms with van der Waals surface area (Å²) in [6.45, 7) is 1.67. The Labute approximate surface area is 81.5 Å². The van der Waals surface area contributed by atoms with Crippen molar-refractivity contribution in [2.75, 3.05) is 18.2 Å². The zero-order chi connectivity index (χ0) is 10.6. The first-order valence-corrected chi connectivity index (χ1v) is 4.05. The van der Waals surface area contributed by atoms with E-state index in [1.54, 1.807) is 6.92 Å². The van der Waals surface area contributed by atoms with E-state index in [-0.39, 0.29) is 5.97 Å². The van der Waals surface area contributed by atoms with E-state index >= 15 is 0 Å². The summed E-state index contributed by atoms with van der Waals surface area (Å²) in [7, 11) is 1.33. The average Bonchev–Trinajstić information content (AvgIpc) is 2.20. The minimum absolute atomic E-state index is 0.335. The molecule has 76 valence electrons. The third kappa shape index (κ3) is 2.58. The number of esters is 1. The Balaban J connectivity index is 2.60. The molecule has 0 radical (unpaired) electrons. The van der Waals surface area contributed by atoms with Crippen molar-refractivity contribution >= 4 is 17.6 Å². The van der Waals surface area contributed by atoms with E-state index in [2.05, 4.69) is 20.0 Å². The fourth-order valence-corrected chi connectivity index (χ4v) is 0.870. The summed E-state index contributed by atoms with van der Waals surface area (Å²) in [5.74, 6) is 0.460. The molecule has 0 aliphatic carbocycles. The number of nitrogens with one attached hydrogen (secondary N) is 1. The minimum atomic E-state index is -0.460. The number of nitrogens with zero attached hydrogens (tertiary/aromatic N) is 2. The van der Waals surface area contributed by atoms with Crippen LogP contribution >= 0.6 is 0 Å². The Morgan fingerprint density at radius 2 is 2.29 bits per heavy atom. The van der Waals surface area contributed by atoms with Crippen molar-refractivity contribution in [3.63, 3.8) is 0 Å². The highest BCUT2D eigenvalue weighted by Gasteiger charge is 2.12. The van der Waals surface area contributed by atoms with Gasteiger partial charge >= 0.3 is 5.97 Å². The summed E-state index contributed by atoms with van der Waals surface area (Å²) >= 11 is 0. The number of methoxy groups -OCH3 is 1. The Bertz CT molecular complexity index is 312. The Morgan fingerprint density at radius 3 is 2.79 bits per heavy atom. The molecular formula is C8H12N4O2. The van der Waals surface area contributed by atoms with E-state index < -0.39 is 6.04 Å². The van der Waals surface area contributed by atoms with Gasteiger partial charge in [0.05, 0.1) is 19.5 Å². The molecule has 1 unspecified atom stereocenters. The van der Waals surface area contributed by atoms with E-state index in [9.17, 15) is 4.79 Å². The predicted octanol–water partition coefficient (Wildman–Crippen LogP) is 0.0322. The van der Waals surface area contributed by atoms with Crippen LogP contribution in [0.3, 0.4) is 0 Å². The van der Waals surface area contributed by atoms with Crippen molar-refractivity contribution in [1.82, 2.24) is 9.97 Å². The Hall–Kier alpha value is -1.85.